The van der Waals surface area contributed by atoms with Crippen LogP contribution in [-0.4, -0.2) is 82.4 Å². The summed E-state index contributed by atoms with van der Waals surface area (Å²) in [5.41, 5.74) is 9.29. The van der Waals surface area contributed by atoms with Crippen LogP contribution < -0.4 is 27.0 Å². The molecule has 0 saturated heterocycles. The maximum absolute atomic E-state index is 14.5. The zero-order chi connectivity index (χ0) is 40.9. The van der Waals surface area contributed by atoms with Gasteiger partial charge < -0.3 is 42.1 Å². The summed E-state index contributed by atoms with van der Waals surface area (Å²) in [7, 11) is 0. The van der Waals surface area contributed by atoms with E-state index in [9.17, 15) is 34.2 Å². The van der Waals surface area contributed by atoms with Gasteiger partial charge in [0, 0.05) is 29.7 Å². The number of nitrogens with one attached hydrogen (secondary N) is 4. The molecule has 56 heavy (non-hydrogen) atoms. The molecule has 1 aliphatic heterocycles. The predicted octanol–water partition coefficient (Wildman–Crippen LogP) is 3.42. The van der Waals surface area contributed by atoms with E-state index in [0.29, 0.717) is 11.1 Å². The number of aromatic hydroxyl groups is 2. The quantitative estimate of drug-likeness (QED) is 0.0941. The number of nitriles is 1. The van der Waals surface area contributed by atoms with Crippen molar-refractivity contribution in [3.63, 3.8) is 0 Å². The standard InChI is InChI=1S/C42H53N7O7/c1-5-7-8-9-10-27-11-14-30(25(3)21-27)39(53)47-33(17-18-43)42(56)49(6-2)37-29-13-16-36(51)32(24-29)31-22-28(12-15-35(31)50)23-34(40(54)45-20-19-44)48-38(52)26(4)46-41(37)55/h11-16,21-22,24,26,33-34,37,50-51H,5-10,17-18,20,23,43H2,1-4H3,(H,45,54)(H,46,55)(H,47,53)(H,48,52). The molecule has 4 unspecified atom stereocenters. The van der Waals surface area contributed by atoms with Crippen molar-refractivity contribution in [1.29, 1.82) is 5.26 Å². The molecule has 1 heterocycles. The minimum Gasteiger partial charge on any atom is -0.507 e. The van der Waals surface area contributed by atoms with E-state index in [4.69, 9.17) is 11.0 Å². The number of fused-ring (bicyclic) bond motifs is 5. The predicted molar refractivity (Wildman–Crippen MR) is 211 cm³/mol. The van der Waals surface area contributed by atoms with Crippen LogP contribution in [0.1, 0.15) is 91.5 Å². The highest BCUT2D eigenvalue weighted by Crippen LogP contribution is 2.39. The van der Waals surface area contributed by atoms with E-state index in [1.165, 1.54) is 42.5 Å². The highest BCUT2D eigenvalue weighted by Gasteiger charge is 2.37. The zero-order valence-corrected chi connectivity index (χ0v) is 32.5. The molecule has 5 amide bonds. The van der Waals surface area contributed by atoms with Gasteiger partial charge in [-0.3, -0.25) is 24.0 Å². The first-order chi connectivity index (χ1) is 26.8. The van der Waals surface area contributed by atoms with Crippen LogP contribution >= 0.6 is 0 Å². The molecule has 0 radical (unpaired) electrons. The maximum atomic E-state index is 14.5. The largest absolute Gasteiger partial charge is 0.507 e. The number of hydrogen-bond donors (Lipinski definition) is 7. The Morgan fingerprint density at radius 2 is 1.68 bits per heavy atom. The molecule has 0 aromatic heterocycles. The first kappa shape index (κ1) is 42.8. The number of likely N-dealkylation sites (N-methyl/N-ethyl adjacent to an activating group) is 1. The van der Waals surface area contributed by atoms with Crippen LogP contribution in [0.25, 0.3) is 11.1 Å². The Morgan fingerprint density at radius 3 is 2.34 bits per heavy atom. The Morgan fingerprint density at radius 1 is 0.964 bits per heavy atom. The number of aryl methyl sites for hydroxylation is 2. The fourth-order valence-electron chi connectivity index (χ4n) is 6.91. The summed E-state index contributed by atoms with van der Waals surface area (Å²) in [6, 6.07) is 11.3. The second kappa shape index (κ2) is 20.1. The molecule has 4 atom stereocenters. The number of nitrogens with zero attached hydrogens (tertiary/aromatic N) is 2. The average Bonchev–Trinajstić information content (AvgIpc) is 3.17. The SMILES string of the molecule is CCCCCCc1ccc(C(=O)NC(CCN)C(=O)N(CC)C2C(=O)NC(C)C(=O)NC(C(=O)NCC#N)Cc3ccc(O)c(c3)-c3cc2ccc3O)c(C)c1. The first-order valence-electron chi connectivity index (χ1n) is 19.1. The molecule has 0 aliphatic carbocycles. The molecule has 3 aromatic rings. The highest BCUT2D eigenvalue weighted by atomic mass is 16.3. The van der Waals surface area contributed by atoms with Crippen molar-refractivity contribution >= 4 is 29.5 Å². The Hall–Kier alpha value is -5.94. The van der Waals surface area contributed by atoms with Crippen molar-refractivity contribution in [3.8, 4) is 28.7 Å². The number of phenols is 2. The number of amides is 5. The van der Waals surface area contributed by atoms with Crippen molar-refractivity contribution in [2.45, 2.75) is 96.8 Å². The van der Waals surface area contributed by atoms with Gasteiger partial charge in [-0.1, -0.05) is 50.5 Å². The summed E-state index contributed by atoms with van der Waals surface area (Å²) < 4.78 is 0. The van der Waals surface area contributed by atoms with E-state index in [1.54, 1.807) is 25.1 Å². The van der Waals surface area contributed by atoms with Crippen LogP contribution in [0.2, 0.25) is 0 Å². The molecule has 0 fully saturated rings. The molecular weight excluding hydrogens is 715 g/mol. The third-order valence-electron chi connectivity index (χ3n) is 9.95. The average molecular weight is 768 g/mol. The third kappa shape index (κ3) is 10.6. The number of carbonyl (C=O) groups excluding carboxylic acids is 5. The topological polar surface area (TPSA) is 227 Å². The minimum atomic E-state index is -1.39. The zero-order valence-electron chi connectivity index (χ0n) is 32.5. The lowest BCUT2D eigenvalue weighted by Crippen LogP contribution is -2.56. The number of rotatable bonds is 14. The van der Waals surface area contributed by atoms with Gasteiger partial charge >= 0.3 is 0 Å². The number of benzene rings is 3. The normalized spacial score (nSPS) is 17.3. The second-order valence-corrected chi connectivity index (χ2v) is 14.1. The van der Waals surface area contributed by atoms with Gasteiger partial charge in [0.2, 0.25) is 23.6 Å². The Balaban J connectivity index is 1.73. The maximum Gasteiger partial charge on any atom is 0.252 e. The molecular formula is C42H53N7O7. The van der Waals surface area contributed by atoms with Gasteiger partial charge in [0.25, 0.3) is 5.91 Å². The van der Waals surface area contributed by atoms with Gasteiger partial charge in [-0.2, -0.15) is 5.26 Å². The molecule has 4 rings (SSSR count). The summed E-state index contributed by atoms with van der Waals surface area (Å²) in [6.45, 7) is 6.81. The monoisotopic (exact) mass is 767 g/mol. The minimum absolute atomic E-state index is 0.0156. The van der Waals surface area contributed by atoms with Crippen molar-refractivity contribution < 1.29 is 34.2 Å². The van der Waals surface area contributed by atoms with Crippen LogP contribution in [-0.2, 0) is 32.0 Å². The van der Waals surface area contributed by atoms with Crippen LogP contribution in [0.3, 0.4) is 0 Å². The second-order valence-electron chi connectivity index (χ2n) is 14.1. The summed E-state index contributed by atoms with van der Waals surface area (Å²) in [5.74, 6) is -3.64. The summed E-state index contributed by atoms with van der Waals surface area (Å²) in [4.78, 5) is 70.4. The summed E-state index contributed by atoms with van der Waals surface area (Å²) >= 11 is 0. The first-order valence-corrected chi connectivity index (χ1v) is 19.1. The van der Waals surface area contributed by atoms with Crippen LogP contribution in [0.5, 0.6) is 11.5 Å². The molecule has 0 saturated carbocycles. The summed E-state index contributed by atoms with van der Waals surface area (Å²) in [5, 5.41) is 41.6. The van der Waals surface area contributed by atoms with E-state index in [0.717, 1.165) is 36.8 Å². The van der Waals surface area contributed by atoms with E-state index in [1.807, 2.05) is 25.1 Å². The van der Waals surface area contributed by atoms with Gasteiger partial charge in [0.1, 0.15) is 42.2 Å². The number of carbonyl (C=O) groups is 5. The van der Waals surface area contributed by atoms with Gasteiger partial charge in [-0.25, -0.2) is 0 Å². The third-order valence-corrected chi connectivity index (χ3v) is 9.95. The number of unbranched alkanes of at least 4 members (excludes halogenated alkanes) is 3. The van der Waals surface area contributed by atoms with Gasteiger partial charge in [-0.15, -0.1) is 0 Å². The van der Waals surface area contributed by atoms with Gasteiger partial charge in [-0.05, 0) is 99.2 Å². The molecule has 8 N–H and O–H groups in total. The fraction of sp³-hybridized carbons (Fsp3) is 0.429. The van der Waals surface area contributed by atoms with Crippen LogP contribution in [0.15, 0.2) is 54.6 Å². The number of phenolic OH excluding ortho intramolecular Hbond substituents is 2. The van der Waals surface area contributed by atoms with Crippen molar-refractivity contribution in [2.75, 3.05) is 19.6 Å². The molecule has 14 heteroatoms. The highest BCUT2D eigenvalue weighted by molar-refractivity contribution is 6.00. The molecule has 1 aliphatic rings. The molecule has 14 nitrogen and oxygen atoms in total. The Kier molecular flexibility index (Phi) is 15.4. The smallest absolute Gasteiger partial charge is 0.252 e. The van der Waals surface area contributed by atoms with Crippen molar-refractivity contribution in [1.82, 2.24) is 26.2 Å². The number of nitrogens with two attached hydrogens (primary N) is 1. The molecule has 0 spiro atoms. The van der Waals surface area contributed by atoms with Crippen molar-refractivity contribution in [3.05, 3.63) is 82.4 Å². The molecule has 298 valence electrons. The van der Waals surface area contributed by atoms with Crippen LogP contribution in [0.4, 0.5) is 0 Å². The molecule has 4 bridgehead atoms. The number of hydrogen-bond acceptors (Lipinski definition) is 9. The van der Waals surface area contributed by atoms with Crippen LogP contribution in [0, 0.1) is 18.3 Å². The van der Waals surface area contributed by atoms with E-state index >= 15 is 0 Å². The van der Waals surface area contributed by atoms with E-state index in [-0.39, 0.29) is 60.7 Å². The lowest BCUT2D eigenvalue weighted by atomic mass is 9.93. The Labute approximate surface area is 327 Å². The summed E-state index contributed by atoms with van der Waals surface area (Å²) in [6.07, 6.45) is 5.39. The van der Waals surface area contributed by atoms with Gasteiger partial charge in [0.15, 0.2) is 0 Å². The fourth-order valence-corrected chi connectivity index (χ4v) is 6.91. The van der Waals surface area contributed by atoms with E-state index < -0.39 is 53.7 Å². The lowest BCUT2D eigenvalue weighted by Gasteiger charge is -2.34. The van der Waals surface area contributed by atoms with Gasteiger partial charge in [0.05, 0.1) is 6.07 Å². The lowest BCUT2D eigenvalue weighted by molar-refractivity contribution is -0.143. The van der Waals surface area contributed by atoms with Crippen molar-refractivity contribution in [2.24, 2.45) is 5.73 Å². The van der Waals surface area contributed by atoms with E-state index in [2.05, 4.69) is 28.2 Å². The Bertz CT molecular complexity index is 1960. The molecule has 3 aromatic carbocycles.